The van der Waals surface area contributed by atoms with Crippen LogP contribution in [0, 0.1) is 22.7 Å². The fourth-order valence-corrected chi connectivity index (χ4v) is 4.58. The molecule has 0 unspecified atom stereocenters. The first kappa shape index (κ1) is 29.8. The summed E-state index contributed by atoms with van der Waals surface area (Å²) in [6, 6.07) is 24.1. The first-order valence-electron chi connectivity index (χ1n) is 12.5. The van der Waals surface area contributed by atoms with Crippen LogP contribution in [0.4, 0.5) is 11.4 Å². The van der Waals surface area contributed by atoms with Crippen molar-refractivity contribution >= 4 is 33.4 Å². The molecule has 0 saturated carbocycles. The molecular weight excluding hydrogens is 607 g/mol. The summed E-state index contributed by atoms with van der Waals surface area (Å²) >= 11 is 0. The highest BCUT2D eigenvalue weighted by molar-refractivity contribution is 5.86. The van der Waals surface area contributed by atoms with Gasteiger partial charge in [-0.1, -0.05) is 0 Å². The number of nitriles is 2. The Hall–Kier alpha value is -3.71. The van der Waals surface area contributed by atoms with Crippen LogP contribution >= 0.6 is 0 Å². The van der Waals surface area contributed by atoms with E-state index in [1.54, 1.807) is 7.11 Å². The van der Waals surface area contributed by atoms with Crippen LogP contribution in [-0.4, -0.2) is 61.7 Å². The molecule has 4 aromatic rings. The van der Waals surface area contributed by atoms with Gasteiger partial charge in [-0.15, -0.1) is 4.57 Å². The molecule has 0 radical (unpaired) electrons. The standard InChI is InChI=1S/C29H31N6O3.HI/c1-38-25-8-4-22(5-9-25)35-28-20-23(33(14-2-12-30)15-3-13-31)6-10-26(28)32-27-11-7-24(21-29(27)35)34(16-18-36)17-19-37;/h4-11,20-21,36-37H,2-3,14-19H2,1H3;1H/q+1;/p-1. The lowest BCUT2D eigenvalue weighted by molar-refractivity contribution is -0.538. The third-order valence-electron chi connectivity index (χ3n) is 6.43. The van der Waals surface area contributed by atoms with E-state index >= 15 is 0 Å². The van der Waals surface area contributed by atoms with E-state index in [-0.39, 0.29) is 37.2 Å². The Morgan fingerprint density at radius 3 is 1.69 bits per heavy atom. The van der Waals surface area contributed by atoms with Crippen LogP contribution in [-0.2, 0) is 0 Å². The molecule has 0 amide bonds. The van der Waals surface area contributed by atoms with Gasteiger partial charge in [0.05, 0.1) is 45.3 Å². The Morgan fingerprint density at radius 2 is 1.26 bits per heavy atom. The van der Waals surface area contributed by atoms with Crippen LogP contribution in [0.15, 0.2) is 60.7 Å². The zero-order valence-corrected chi connectivity index (χ0v) is 24.0. The Balaban J connectivity index is 0.00000420. The van der Waals surface area contributed by atoms with Gasteiger partial charge in [-0.25, -0.2) is 4.98 Å². The molecule has 0 bridgehead atoms. The molecule has 0 aliphatic heterocycles. The van der Waals surface area contributed by atoms with Gasteiger partial charge in [-0.2, -0.15) is 10.5 Å². The maximum atomic E-state index is 9.57. The Labute approximate surface area is 245 Å². The average Bonchev–Trinajstić information content (AvgIpc) is 2.95. The van der Waals surface area contributed by atoms with Gasteiger partial charge in [0.2, 0.25) is 16.7 Å². The summed E-state index contributed by atoms with van der Waals surface area (Å²) in [7, 11) is 1.63. The number of hydrogen-bond donors (Lipinski definition) is 2. The highest BCUT2D eigenvalue weighted by atomic mass is 127. The topological polar surface area (TPSA) is 121 Å². The highest BCUT2D eigenvalue weighted by Gasteiger charge is 2.22. The van der Waals surface area contributed by atoms with Crippen LogP contribution in [0.2, 0.25) is 0 Å². The lowest BCUT2D eigenvalue weighted by Gasteiger charge is -2.23. The number of ether oxygens (including phenoxy) is 1. The molecule has 0 aliphatic rings. The first-order valence-corrected chi connectivity index (χ1v) is 12.5. The van der Waals surface area contributed by atoms with Gasteiger partial charge < -0.3 is 48.7 Å². The van der Waals surface area contributed by atoms with Gasteiger partial charge in [0.15, 0.2) is 0 Å². The molecule has 0 saturated heterocycles. The number of benzene rings is 3. The first-order chi connectivity index (χ1) is 18.6. The Kier molecular flexibility index (Phi) is 11.1. The number of hydrogen-bond acceptors (Lipinski definition) is 8. The van der Waals surface area contributed by atoms with E-state index in [4.69, 9.17) is 20.2 Å². The van der Waals surface area contributed by atoms with Gasteiger partial charge in [0.25, 0.3) is 0 Å². The molecular formula is C29H31IN6O3. The number of anilines is 2. The van der Waals surface area contributed by atoms with E-state index in [1.165, 1.54) is 0 Å². The molecule has 202 valence electrons. The summed E-state index contributed by atoms with van der Waals surface area (Å²) in [6.07, 6.45) is 0.708. The molecule has 0 spiro atoms. The van der Waals surface area contributed by atoms with Crippen molar-refractivity contribution in [3.05, 3.63) is 60.7 Å². The van der Waals surface area contributed by atoms with Crippen molar-refractivity contribution < 1.29 is 43.5 Å². The van der Waals surface area contributed by atoms with Crippen LogP contribution in [0.25, 0.3) is 27.8 Å². The van der Waals surface area contributed by atoms with Crippen molar-refractivity contribution in [1.82, 2.24) is 4.98 Å². The van der Waals surface area contributed by atoms with Crippen molar-refractivity contribution in [3.8, 4) is 23.6 Å². The minimum absolute atomic E-state index is 0. The van der Waals surface area contributed by atoms with Crippen molar-refractivity contribution in [2.75, 3.05) is 56.3 Å². The summed E-state index contributed by atoms with van der Waals surface area (Å²) in [5, 5.41) is 37.5. The normalized spacial score (nSPS) is 10.5. The van der Waals surface area contributed by atoms with Crippen molar-refractivity contribution in [1.29, 1.82) is 10.5 Å². The highest BCUT2D eigenvalue weighted by Crippen LogP contribution is 2.26. The number of nitrogens with zero attached hydrogens (tertiary/aromatic N) is 6. The SMILES string of the molecule is COc1ccc(-[n+]2c3cc(N(CCO)CCO)ccc3nc3ccc(N(CCC#N)CCC#N)cc32)cc1.[I-]. The minimum Gasteiger partial charge on any atom is -1.00 e. The molecule has 0 atom stereocenters. The summed E-state index contributed by atoms with van der Waals surface area (Å²) in [4.78, 5) is 8.91. The monoisotopic (exact) mass is 638 g/mol. The lowest BCUT2D eigenvalue weighted by atomic mass is 10.1. The van der Waals surface area contributed by atoms with E-state index in [1.807, 2.05) is 65.6 Å². The fraction of sp³-hybridized carbons (Fsp3) is 0.310. The molecule has 3 aromatic carbocycles. The van der Waals surface area contributed by atoms with Crippen molar-refractivity contribution in [2.45, 2.75) is 12.8 Å². The van der Waals surface area contributed by atoms with Crippen molar-refractivity contribution in [3.63, 3.8) is 0 Å². The molecule has 10 heteroatoms. The molecule has 1 heterocycles. The maximum Gasteiger partial charge on any atom is 0.239 e. The minimum atomic E-state index is -0.0307. The molecule has 39 heavy (non-hydrogen) atoms. The van der Waals surface area contributed by atoms with E-state index in [0.29, 0.717) is 39.0 Å². The quantitative estimate of drug-likeness (QED) is 0.128. The Bertz CT molecular complexity index is 1460. The lowest BCUT2D eigenvalue weighted by Crippen LogP contribution is -3.00. The van der Waals surface area contributed by atoms with E-state index < -0.39 is 0 Å². The third kappa shape index (κ3) is 6.84. The Morgan fingerprint density at radius 1 is 0.769 bits per heavy atom. The second-order valence-corrected chi connectivity index (χ2v) is 8.73. The zero-order chi connectivity index (χ0) is 26.9. The number of aliphatic hydroxyl groups excluding tert-OH is 2. The van der Waals surface area contributed by atoms with Crippen LogP contribution in [0.3, 0.4) is 0 Å². The van der Waals surface area contributed by atoms with Crippen molar-refractivity contribution in [2.24, 2.45) is 0 Å². The largest absolute Gasteiger partial charge is 1.00 e. The number of halogens is 1. The van der Waals surface area contributed by atoms with E-state index in [2.05, 4.69) is 21.6 Å². The van der Waals surface area contributed by atoms with Gasteiger partial charge >= 0.3 is 0 Å². The summed E-state index contributed by atoms with van der Waals surface area (Å²) < 4.78 is 7.51. The molecule has 0 aliphatic carbocycles. The smallest absolute Gasteiger partial charge is 0.239 e. The van der Waals surface area contributed by atoms with E-state index in [9.17, 15) is 10.2 Å². The van der Waals surface area contributed by atoms with Gasteiger partial charge in [0.1, 0.15) is 16.8 Å². The number of rotatable bonds is 12. The molecule has 0 fully saturated rings. The summed E-state index contributed by atoms with van der Waals surface area (Å²) in [5.74, 6) is 0.745. The van der Waals surface area contributed by atoms with Crippen LogP contribution < -0.4 is 43.1 Å². The maximum absolute atomic E-state index is 9.57. The summed E-state index contributed by atoms with van der Waals surface area (Å²) in [5.41, 5.74) is 6.01. The molecule has 9 nitrogen and oxygen atoms in total. The van der Waals surface area contributed by atoms with Gasteiger partial charge in [0, 0.05) is 61.8 Å². The molecule has 1 aromatic heterocycles. The fourth-order valence-electron chi connectivity index (χ4n) is 4.58. The predicted octanol–water partition coefficient (Wildman–Crippen LogP) is 0.102. The van der Waals surface area contributed by atoms with Gasteiger partial charge in [-0.3, -0.25) is 0 Å². The second-order valence-electron chi connectivity index (χ2n) is 8.73. The predicted molar refractivity (Wildman–Crippen MR) is 146 cm³/mol. The number of aliphatic hydroxyl groups is 2. The van der Waals surface area contributed by atoms with Crippen LogP contribution in [0.5, 0.6) is 5.75 Å². The average molecular weight is 639 g/mol. The van der Waals surface area contributed by atoms with Gasteiger partial charge in [-0.05, 0) is 36.4 Å². The van der Waals surface area contributed by atoms with Crippen LogP contribution in [0.1, 0.15) is 12.8 Å². The zero-order valence-electron chi connectivity index (χ0n) is 21.8. The molecule has 2 N–H and O–H groups in total. The molecule has 4 rings (SSSR count). The number of methoxy groups -OCH3 is 1. The third-order valence-corrected chi connectivity index (χ3v) is 6.43. The number of fused-ring (bicyclic) bond motifs is 2. The summed E-state index contributed by atoms with van der Waals surface area (Å²) in [6.45, 7) is 1.77. The van der Waals surface area contributed by atoms with E-state index in [0.717, 1.165) is 44.9 Å². The number of aromatic nitrogens is 2. The second kappa shape index (κ2) is 14.4.